The first-order valence-corrected chi connectivity index (χ1v) is 10.5. The fourth-order valence-corrected chi connectivity index (χ4v) is 3.18. The molecule has 2 aromatic carbocycles. The van der Waals surface area contributed by atoms with Crippen molar-refractivity contribution in [2.75, 3.05) is 26.9 Å². The number of ether oxygens (including phenoxy) is 1. The molecule has 0 heterocycles. The number of hydrogen-bond donors (Lipinski definition) is 0. The lowest BCUT2D eigenvalue weighted by molar-refractivity contribution is 0.477. The van der Waals surface area contributed by atoms with Gasteiger partial charge in [-0.25, -0.2) is 13.6 Å². The van der Waals surface area contributed by atoms with Crippen LogP contribution in [0.3, 0.4) is 0 Å². The molecule has 0 saturated heterocycles. The number of aliphatic imine (C=N–C) groups is 1. The van der Waals surface area contributed by atoms with E-state index in [0.29, 0.717) is 27.1 Å². The lowest BCUT2D eigenvalue weighted by atomic mass is 10.2. The molecule has 0 aliphatic carbocycles. The molecule has 0 aliphatic rings. The number of hydrogen-bond acceptors (Lipinski definition) is 4. The highest BCUT2D eigenvalue weighted by Crippen LogP contribution is 2.35. The zero-order valence-corrected chi connectivity index (χ0v) is 17.3. The van der Waals surface area contributed by atoms with Crippen LogP contribution in [-0.2, 0) is 9.73 Å². The number of aryl methyl sites for hydroxylation is 1. The maximum atomic E-state index is 12.4. The molecule has 1 atom stereocenters. The fourth-order valence-electron chi connectivity index (χ4n) is 2.10. The summed E-state index contributed by atoms with van der Waals surface area (Å²) in [5.74, 6) is 1.22. The Labute approximate surface area is 160 Å². The number of benzene rings is 2. The van der Waals surface area contributed by atoms with Gasteiger partial charge in [-0.15, -0.1) is 0 Å². The van der Waals surface area contributed by atoms with E-state index < -0.39 is 9.73 Å². The Bertz CT molecular complexity index is 934. The van der Waals surface area contributed by atoms with Gasteiger partial charge in [-0.1, -0.05) is 17.7 Å². The molecule has 2 aromatic rings. The van der Waals surface area contributed by atoms with Gasteiger partial charge in [0.25, 0.3) is 0 Å². The third-order valence-electron chi connectivity index (χ3n) is 3.96. The van der Waals surface area contributed by atoms with Crippen LogP contribution in [0.5, 0.6) is 11.5 Å². The Morgan fingerprint density at radius 1 is 1.31 bits per heavy atom. The Balaban J connectivity index is 2.31. The molecule has 0 aliphatic heterocycles. The lowest BCUT2D eigenvalue weighted by Crippen LogP contribution is -2.14. The summed E-state index contributed by atoms with van der Waals surface area (Å²) >= 11 is 6.35. The van der Waals surface area contributed by atoms with E-state index >= 15 is 0 Å². The first kappa shape index (κ1) is 20.3. The Kier molecular flexibility index (Phi) is 6.67. The Morgan fingerprint density at radius 2 is 2.04 bits per heavy atom. The molecule has 2 rings (SSSR count). The molecule has 0 spiro atoms. The second-order valence-corrected chi connectivity index (χ2v) is 8.80. The summed E-state index contributed by atoms with van der Waals surface area (Å²) in [5.41, 5.74) is 1.59. The van der Waals surface area contributed by atoms with Gasteiger partial charge in [-0.3, -0.25) is 0 Å². The number of rotatable bonds is 6. The molecule has 0 saturated carbocycles. The van der Waals surface area contributed by atoms with Crippen molar-refractivity contribution in [1.82, 2.24) is 4.90 Å². The van der Waals surface area contributed by atoms with Crippen molar-refractivity contribution in [3.05, 3.63) is 47.0 Å². The van der Waals surface area contributed by atoms with Gasteiger partial charge < -0.3 is 9.64 Å². The molecule has 26 heavy (non-hydrogen) atoms. The maximum absolute atomic E-state index is 12.4. The molecule has 1 unspecified atom stereocenters. The highest BCUT2D eigenvalue weighted by atomic mass is 35.5. The summed E-state index contributed by atoms with van der Waals surface area (Å²) in [6.45, 7) is 4.84. The predicted molar refractivity (Wildman–Crippen MR) is 110 cm³/mol. The summed E-state index contributed by atoms with van der Waals surface area (Å²) in [4.78, 5) is 7.00. The van der Waals surface area contributed by atoms with E-state index in [4.69, 9.17) is 16.3 Å². The minimum absolute atomic E-state index is 0.505. The van der Waals surface area contributed by atoms with Crippen LogP contribution < -0.4 is 4.74 Å². The van der Waals surface area contributed by atoms with Gasteiger partial charge >= 0.3 is 0 Å². The van der Waals surface area contributed by atoms with Gasteiger partial charge in [0.15, 0.2) is 0 Å². The smallest absolute Gasteiger partial charge is 0.131 e. The predicted octanol–water partition coefficient (Wildman–Crippen LogP) is 5.14. The van der Waals surface area contributed by atoms with E-state index in [0.717, 1.165) is 12.1 Å². The van der Waals surface area contributed by atoms with Crippen LogP contribution in [0.15, 0.2) is 50.6 Å². The number of nitrogens with zero attached hydrogens (tertiary/aromatic N) is 3. The summed E-state index contributed by atoms with van der Waals surface area (Å²) in [6, 6.07) is 10.8. The molecule has 7 heteroatoms. The van der Waals surface area contributed by atoms with Crippen molar-refractivity contribution in [3.63, 3.8) is 0 Å². The van der Waals surface area contributed by atoms with E-state index in [1.165, 1.54) is 0 Å². The molecule has 0 N–H and O–H groups in total. The zero-order chi connectivity index (χ0) is 19.3. The van der Waals surface area contributed by atoms with E-state index in [-0.39, 0.29) is 0 Å². The van der Waals surface area contributed by atoms with E-state index in [2.05, 4.69) is 9.36 Å². The zero-order valence-electron chi connectivity index (χ0n) is 15.7. The van der Waals surface area contributed by atoms with Crippen LogP contribution >= 0.6 is 11.6 Å². The van der Waals surface area contributed by atoms with E-state index in [1.54, 1.807) is 43.9 Å². The molecular weight excluding hydrogens is 370 g/mol. The first-order chi connectivity index (χ1) is 12.3. The quantitative estimate of drug-likeness (QED) is 0.504. The maximum Gasteiger partial charge on any atom is 0.131 e. The normalized spacial score (nSPS) is 13.5. The molecule has 140 valence electrons. The second-order valence-electron chi connectivity index (χ2n) is 5.95. The Hall–Kier alpha value is -2.05. The van der Waals surface area contributed by atoms with Crippen LogP contribution in [-0.4, -0.2) is 42.3 Å². The number of halogens is 1. The molecule has 0 radical (unpaired) electrons. The van der Waals surface area contributed by atoms with Crippen molar-refractivity contribution < 1.29 is 8.95 Å². The topological polar surface area (TPSA) is 54.3 Å². The molecule has 0 fully saturated rings. The van der Waals surface area contributed by atoms with Crippen LogP contribution in [0.25, 0.3) is 0 Å². The van der Waals surface area contributed by atoms with Gasteiger partial charge in [-0.05, 0) is 43.7 Å². The van der Waals surface area contributed by atoms with Gasteiger partial charge in [0.2, 0.25) is 0 Å². The van der Waals surface area contributed by atoms with E-state index in [9.17, 15) is 4.21 Å². The van der Waals surface area contributed by atoms with Gasteiger partial charge in [0.05, 0.1) is 31.7 Å². The van der Waals surface area contributed by atoms with Crippen LogP contribution in [0, 0.1) is 6.92 Å². The second kappa shape index (κ2) is 8.56. The third kappa shape index (κ3) is 4.99. The highest BCUT2D eigenvalue weighted by Gasteiger charge is 2.10. The summed E-state index contributed by atoms with van der Waals surface area (Å²) < 4.78 is 22.3. The van der Waals surface area contributed by atoms with Crippen molar-refractivity contribution in [2.24, 2.45) is 9.36 Å². The third-order valence-corrected chi connectivity index (χ3v) is 6.08. The highest BCUT2D eigenvalue weighted by molar-refractivity contribution is 7.93. The first-order valence-electron chi connectivity index (χ1n) is 8.19. The average molecular weight is 394 g/mol. The standard InChI is InChI=1S/C19H24ClN3O2S/c1-6-23(4)13-22-18-10-14(2)19(12-17(18)20)25-15-8-7-9-16(11-15)26(5,24)21-3/h7-13H,6H2,1-5H3. The van der Waals surface area contributed by atoms with Gasteiger partial charge in [0.1, 0.15) is 11.5 Å². The van der Waals surface area contributed by atoms with Crippen molar-refractivity contribution in [2.45, 2.75) is 18.7 Å². The monoisotopic (exact) mass is 393 g/mol. The molecular formula is C19H24ClN3O2S. The average Bonchev–Trinajstić information content (AvgIpc) is 2.63. The van der Waals surface area contributed by atoms with Crippen molar-refractivity contribution in [3.8, 4) is 11.5 Å². The lowest BCUT2D eigenvalue weighted by Gasteiger charge is -2.13. The Morgan fingerprint density at radius 3 is 2.69 bits per heavy atom. The van der Waals surface area contributed by atoms with Gasteiger partial charge in [0, 0.05) is 33.0 Å². The molecule has 0 bridgehead atoms. The SMILES string of the molecule is CCN(C)C=Nc1cc(C)c(Oc2cccc(S(C)(=O)=NC)c2)cc1Cl. The minimum atomic E-state index is -2.41. The van der Waals surface area contributed by atoms with Crippen LogP contribution in [0.1, 0.15) is 12.5 Å². The molecule has 0 aromatic heterocycles. The van der Waals surface area contributed by atoms with Crippen molar-refractivity contribution >= 4 is 33.4 Å². The minimum Gasteiger partial charge on any atom is -0.457 e. The molecule has 0 amide bonds. The van der Waals surface area contributed by atoms with Crippen molar-refractivity contribution in [1.29, 1.82) is 0 Å². The summed E-state index contributed by atoms with van der Waals surface area (Å²) in [7, 11) is 1.09. The summed E-state index contributed by atoms with van der Waals surface area (Å²) in [6.07, 6.45) is 3.35. The van der Waals surface area contributed by atoms with Crippen LogP contribution in [0.2, 0.25) is 5.02 Å². The fraction of sp³-hybridized carbons (Fsp3) is 0.316. The van der Waals surface area contributed by atoms with Gasteiger partial charge in [-0.2, -0.15) is 0 Å². The van der Waals surface area contributed by atoms with Crippen LogP contribution in [0.4, 0.5) is 5.69 Å². The summed E-state index contributed by atoms with van der Waals surface area (Å²) in [5, 5.41) is 0.505. The molecule has 5 nitrogen and oxygen atoms in total. The van der Waals surface area contributed by atoms with E-state index in [1.807, 2.05) is 37.9 Å². The largest absolute Gasteiger partial charge is 0.457 e.